The number of aryl methyl sites for hydroxylation is 2. The molecule has 4 heteroatoms. The summed E-state index contributed by atoms with van der Waals surface area (Å²) < 4.78 is 0. The molecule has 0 spiro atoms. The van der Waals surface area contributed by atoms with Crippen molar-refractivity contribution in [3.8, 4) is 0 Å². The third-order valence-electron chi connectivity index (χ3n) is 2.93. The summed E-state index contributed by atoms with van der Waals surface area (Å²) in [4.78, 5) is 12.5. The van der Waals surface area contributed by atoms with Crippen LogP contribution in [0.1, 0.15) is 27.0 Å². The number of hydrogen-bond acceptors (Lipinski definition) is 2. The molecule has 98 valence electrons. The number of carbonyl (C=O) groups excluding carboxylic acids is 1. The minimum absolute atomic E-state index is 0.166. The quantitative estimate of drug-likeness (QED) is 0.658. The van der Waals surface area contributed by atoms with Crippen LogP contribution in [0.2, 0.25) is 10.0 Å². The van der Waals surface area contributed by atoms with Gasteiger partial charge in [0.2, 0.25) is 0 Å². The van der Waals surface area contributed by atoms with Gasteiger partial charge in [0, 0.05) is 16.8 Å². The van der Waals surface area contributed by atoms with Gasteiger partial charge in [-0.25, -0.2) is 0 Å². The molecule has 0 saturated carbocycles. The summed E-state index contributed by atoms with van der Waals surface area (Å²) in [6.45, 7) is 3.82. The Morgan fingerprint density at radius 1 is 1.05 bits per heavy atom. The van der Waals surface area contributed by atoms with E-state index in [1.807, 2.05) is 32.0 Å². The number of anilines is 1. The topological polar surface area (TPSA) is 43.1 Å². The first-order valence-electron chi connectivity index (χ1n) is 5.76. The van der Waals surface area contributed by atoms with Gasteiger partial charge in [-0.1, -0.05) is 40.9 Å². The zero-order chi connectivity index (χ0) is 14.2. The number of carbonyl (C=O) groups is 1. The molecule has 2 rings (SSSR count). The molecule has 0 heterocycles. The number of halogens is 2. The predicted molar refractivity (Wildman–Crippen MR) is 80.2 cm³/mol. The van der Waals surface area contributed by atoms with Crippen LogP contribution in [0.5, 0.6) is 0 Å². The highest BCUT2D eigenvalue weighted by atomic mass is 35.5. The summed E-state index contributed by atoms with van der Waals surface area (Å²) in [5, 5.41) is 0.525. The molecule has 19 heavy (non-hydrogen) atoms. The Morgan fingerprint density at radius 2 is 1.74 bits per heavy atom. The van der Waals surface area contributed by atoms with Crippen LogP contribution in [0.4, 0.5) is 5.69 Å². The molecule has 0 aliphatic rings. The third-order valence-corrected chi connectivity index (χ3v) is 3.73. The Hall–Kier alpha value is -1.51. The second kappa shape index (κ2) is 5.24. The van der Waals surface area contributed by atoms with Crippen molar-refractivity contribution in [3.05, 3.63) is 62.6 Å². The molecular weight excluding hydrogens is 281 g/mol. The summed E-state index contributed by atoms with van der Waals surface area (Å²) in [7, 11) is 0. The first kappa shape index (κ1) is 13.9. The van der Waals surface area contributed by atoms with E-state index in [2.05, 4.69) is 0 Å². The average molecular weight is 294 g/mol. The molecule has 2 aromatic carbocycles. The van der Waals surface area contributed by atoms with Crippen molar-refractivity contribution in [2.75, 3.05) is 5.73 Å². The van der Waals surface area contributed by atoms with E-state index in [0.717, 1.165) is 11.1 Å². The fraction of sp³-hybridized carbons (Fsp3) is 0.133. The maximum Gasteiger partial charge on any atom is 0.194 e. The molecule has 0 unspecified atom stereocenters. The lowest BCUT2D eigenvalue weighted by Crippen LogP contribution is -2.06. The lowest BCUT2D eigenvalue weighted by Gasteiger charge is -2.09. The summed E-state index contributed by atoms with van der Waals surface area (Å²) in [5.41, 5.74) is 8.99. The van der Waals surface area contributed by atoms with E-state index in [1.54, 1.807) is 6.07 Å². The molecule has 0 aliphatic carbocycles. The van der Waals surface area contributed by atoms with Crippen LogP contribution < -0.4 is 5.73 Å². The molecule has 2 aromatic rings. The summed E-state index contributed by atoms with van der Waals surface area (Å²) >= 11 is 12.1. The van der Waals surface area contributed by atoms with E-state index in [1.165, 1.54) is 6.07 Å². The first-order chi connectivity index (χ1) is 8.90. The number of ketones is 1. The van der Waals surface area contributed by atoms with Gasteiger partial charge in [0.15, 0.2) is 5.78 Å². The van der Waals surface area contributed by atoms with Gasteiger partial charge >= 0.3 is 0 Å². The normalized spacial score (nSPS) is 10.5. The van der Waals surface area contributed by atoms with Crippen molar-refractivity contribution in [1.29, 1.82) is 0 Å². The van der Waals surface area contributed by atoms with Gasteiger partial charge in [-0.2, -0.15) is 0 Å². The van der Waals surface area contributed by atoms with Crippen molar-refractivity contribution in [3.63, 3.8) is 0 Å². The minimum atomic E-state index is -0.166. The second-order valence-electron chi connectivity index (χ2n) is 4.51. The first-order valence-corrected chi connectivity index (χ1v) is 6.52. The fourth-order valence-electron chi connectivity index (χ4n) is 1.90. The monoisotopic (exact) mass is 293 g/mol. The number of nitrogen functional groups attached to an aromatic ring is 1. The molecule has 0 aliphatic heterocycles. The van der Waals surface area contributed by atoms with Crippen molar-refractivity contribution >= 4 is 34.7 Å². The number of hydrogen-bond donors (Lipinski definition) is 1. The van der Waals surface area contributed by atoms with E-state index >= 15 is 0 Å². The maximum absolute atomic E-state index is 12.5. The van der Waals surface area contributed by atoms with Gasteiger partial charge in [-0.3, -0.25) is 4.79 Å². The van der Waals surface area contributed by atoms with Gasteiger partial charge in [0.05, 0.1) is 10.0 Å². The summed E-state index contributed by atoms with van der Waals surface area (Å²) in [6.07, 6.45) is 0. The van der Waals surface area contributed by atoms with E-state index in [-0.39, 0.29) is 15.8 Å². The largest absolute Gasteiger partial charge is 0.399 e. The molecule has 0 atom stereocenters. The lowest BCUT2D eigenvalue weighted by molar-refractivity contribution is 0.103. The van der Waals surface area contributed by atoms with Crippen molar-refractivity contribution in [2.45, 2.75) is 13.8 Å². The third kappa shape index (κ3) is 2.75. The number of rotatable bonds is 2. The van der Waals surface area contributed by atoms with Gasteiger partial charge < -0.3 is 5.73 Å². The Kier molecular flexibility index (Phi) is 3.83. The molecule has 0 radical (unpaired) electrons. The summed E-state index contributed by atoms with van der Waals surface area (Å²) in [5.74, 6) is -0.166. The van der Waals surface area contributed by atoms with Crippen LogP contribution in [-0.4, -0.2) is 5.78 Å². The fourth-order valence-corrected chi connectivity index (χ4v) is 2.32. The lowest BCUT2D eigenvalue weighted by atomic mass is 9.97. The minimum Gasteiger partial charge on any atom is -0.399 e. The number of benzene rings is 2. The molecule has 0 aromatic heterocycles. The second-order valence-corrected chi connectivity index (χ2v) is 5.30. The van der Waals surface area contributed by atoms with Gasteiger partial charge in [-0.15, -0.1) is 0 Å². The SMILES string of the molecule is Cc1ccc(C)c(C(=O)c2cc(N)cc(Cl)c2Cl)c1. The highest BCUT2D eigenvalue weighted by Crippen LogP contribution is 2.31. The van der Waals surface area contributed by atoms with Crippen LogP contribution in [0.3, 0.4) is 0 Å². The average Bonchev–Trinajstić information content (AvgIpc) is 2.36. The highest BCUT2D eigenvalue weighted by molar-refractivity contribution is 6.44. The Morgan fingerprint density at radius 3 is 2.42 bits per heavy atom. The predicted octanol–water partition coefficient (Wildman–Crippen LogP) is 4.42. The van der Waals surface area contributed by atoms with E-state index in [0.29, 0.717) is 16.8 Å². The van der Waals surface area contributed by atoms with E-state index < -0.39 is 0 Å². The van der Waals surface area contributed by atoms with Crippen molar-refractivity contribution in [1.82, 2.24) is 0 Å². The standard InChI is InChI=1S/C15H13Cl2NO/c1-8-3-4-9(2)11(5-8)15(19)12-6-10(18)7-13(16)14(12)17/h3-7H,18H2,1-2H3. The highest BCUT2D eigenvalue weighted by Gasteiger charge is 2.17. The Labute approximate surface area is 122 Å². The van der Waals surface area contributed by atoms with Crippen LogP contribution in [-0.2, 0) is 0 Å². The van der Waals surface area contributed by atoms with Crippen LogP contribution in [0.25, 0.3) is 0 Å². The smallest absolute Gasteiger partial charge is 0.194 e. The van der Waals surface area contributed by atoms with Gasteiger partial charge in [0.25, 0.3) is 0 Å². The van der Waals surface area contributed by atoms with Gasteiger partial charge in [0.1, 0.15) is 0 Å². The zero-order valence-corrected chi connectivity index (χ0v) is 12.1. The van der Waals surface area contributed by atoms with Gasteiger partial charge in [-0.05, 0) is 37.6 Å². The molecule has 2 nitrogen and oxygen atoms in total. The molecule has 0 fully saturated rings. The Balaban J connectivity index is 2.59. The van der Waals surface area contributed by atoms with Crippen molar-refractivity contribution < 1.29 is 4.79 Å². The molecule has 0 saturated heterocycles. The molecule has 2 N–H and O–H groups in total. The number of nitrogens with two attached hydrogens (primary N) is 1. The van der Waals surface area contributed by atoms with E-state index in [9.17, 15) is 4.79 Å². The molecular formula is C15H13Cl2NO. The summed E-state index contributed by atoms with van der Waals surface area (Å²) in [6, 6.07) is 8.79. The van der Waals surface area contributed by atoms with E-state index in [4.69, 9.17) is 28.9 Å². The Bertz CT molecular complexity index is 665. The van der Waals surface area contributed by atoms with Crippen LogP contribution in [0.15, 0.2) is 30.3 Å². The van der Waals surface area contributed by atoms with Crippen LogP contribution >= 0.6 is 23.2 Å². The molecule has 0 bridgehead atoms. The zero-order valence-electron chi connectivity index (χ0n) is 10.6. The maximum atomic E-state index is 12.5. The van der Waals surface area contributed by atoms with Crippen molar-refractivity contribution in [2.24, 2.45) is 0 Å². The van der Waals surface area contributed by atoms with Crippen LogP contribution in [0, 0.1) is 13.8 Å². The molecule has 0 amide bonds.